The van der Waals surface area contributed by atoms with Gasteiger partial charge in [-0.1, -0.05) is 12.1 Å². The van der Waals surface area contributed by atoms with E-state index in [1.165, 1.54) is 5.56 Å². The second kappa shape index (κ2) is 8.06. The first kappa shape index (κ1) is 14.0. The molecule has 1 aromatic rings. The topological polar surface area (TPSA) is 56.5 Å². The van der Waals surface area contributed by atoms with Gasteiger partial charge in [-0.05, 0) is 37.0 Å². The Labute approximate surface area is 103 Å². The standard InChI is InChI=1S/C13H22N2O2/c1-16-9-3-4-12(15-14)10-11-5-7-13(17-2)8-6-11/h5-8,12,15H,3-4,9-10,14H2,1-2H3. The average Bonchev–Trinajstić information content (AvgIpc) is 2.38. The minimum Gasteiger partial charge on any atom is -0.497 e. The van der Waals surface area contributed by atoms with Gasteiger partial charge in [-0.2, -0.15) is 0 Å². The summed E-state index contributed by atoms with van der Waals surface area (Å²) in [5.41, 5.74) is 4.11. The maximum Gasteiger partial charge on any atom is 0.118 e. The van der Waals surface area contributed by atoms with Crippen LogP contribution in [0.15, 0.2) is 24.3 Å². The van der Waals surface area contributed by atoms with Crippen LogP contribution in [-0.4, -0.2) is 26.9 Å². The van der Waals surface area contributed by atoms with Crippen molar-refractivity contribution in [2.45, 2.75) is 25.3 Å². The fourth-order valence-electron chi connectivity index (χ4n) is 1.76. The minimum atomic E-state index is 0.290. The maximum absolute atomic E-state index is 5.54. The molecule has 0 aromatic heterocycles. The molecule has 0 saturated heterocycles. The van der Waals surface area contributed by atoms with Crippen molar-refractivity contribution in [3.8, 4) is 5.75 Å². The lowest BCUT2D eigenvalue weighted by molar-refractivity contribution is 0.188. The molecule has 0 heterocycles. The van der Waals surface area contributed by atoms with Crippen LogP contribution in [0.2, 0.25) is 0 Å². The van der Waals surface area contributed by atoms with Crippen molar-refractivity contribution in [3.63, 3.8) is 0 Å². The Morgan fingerprint density at radius 1 is 1.24 bits per heavy atom. The van der Waals surface area contributed by atoms with E-state index in [9.17, 15) is 0 Å². The molecule has 3 N–H and O–H groups in total. The summed E-state index contributed by atoms with van der Waals surface area (Å²) < 4.78 is 10.2. The number of nitrogens with one attached hydrogen (secondary N) is 1. The van der Waals surface area contributed by atoms with E-state index in [4.69, 9.17) is 15.3 Å². The molecule has 0 aliphatic rings. The Balaban J connectivity index is 2.43. The number of benzene rings is 1. The minimum absolute atomic E-state index is 0.290. The predicted octanol–water partition coefficient (Wildman–Crippen LogP) is 1.50. The van der Waals surface area contributed by atoms with E-state index in [1.54, 1.807) is 14.2 Å². The first-order chi connectivity index (χ1) is 8.30. The molecule has 0 aliphatic carbocycles. The van der Waals surface area contributed by atoms with Crippen molar-refractivity contribution in [3.05, 3.63) is 29.8 Å². The second-order valence-electron chi connectivity index (χ2n) is 4.05. The third-order valence-corrected chi connectivity index (χ3v) is 2.78. The highest BCUT2D eigenvalue weighted by Crippen LogP contribution is 2.13. The van der Waals surface area contributed by atoms with E-state index in [-0.39, 0.29) is 0 Å². The lowest BCUT2D eigenvalue weighted by Crippen LogP contribution is -2.36. The summed E-state index contributed by atoms with van der Waals surface area (Å²) in [7, 11) is 3.39. The zero-order valence-electron chi connectivity index (χ0n) is 10.6. The molecular weight excluding hydrogens is 216 g/mol. The number of hydrogen-bond acceptors (Lipinski definition) is 4. The zero-order chi connectivity index (χ0) is 12.5. The van der Waals surface area contributed by atoms with E-state index in [0.717, 1.165) is 31.6 Å². The monoisotopic (exact) mass is 238 g/mol. The SMILES string of the molecule is COCCCC(Cc1ccc(OC)cc1)NN. The summed E-state index contributed by atoms with van der Waals surface area (Å²) in [6.07, 6.45) is 2.95. The molecule has 1 aromatic carbocycles. The highest BCUT2D eigenvalue weighted by atomic mass is 16.5. The van der Waals surface area contributed by atoms with Crippen molar-refractivity contribution in [1.29, 1.82) is 0 Å². The summed E-state index contributed by atoms with van der Waals surface area (Å²) in [4.78, 5) is 0. The smallest absolute Gasteiger partial charge is 0.118 e. The molecule has 4 heteroatoms. The number of ether oxygens (including phenoxy) is 2. The molecule has 0 spiro atoms. The molecule has 1 rings (SSSR count). The predicted molar refractivity (Wildman–Crippen MR) is 68.9 cm³/mol. The van der Waals surface area contributed by atoms with E-state index in [2.05, 4.69) is 17.6 Å². The first-order valence-electron chi connectivity index (χ1n) is 5.88. The van der Waals surface area contributed by atoms with Crippen LogP contribution in [0.3, 0.4) is 0 Å². The van der Waals surface area contributed by atoms with Gasteiger partial charge in [-0.25, -0.2) is 0 Å². The average molecular weight is 238 g/mol. The Bertz CT molecular complexity index is 301. The van der Waals surface area contributed by atoms with Gasteiger partial charge in [0.05, 0.1) is 7.11 Å². The highest BCUT2D eigenvalue weighted by molar-refractivity contribution is 5.27. The number of rotatable bonds is 8. The Morgan fingerprint density at radius 3 is 2.47 bits per heavy atom. The Hall–Kier alpha value is -1.10. The third kappa shape index (κ3) is 5.17. The fraction of sp³-hybridized carbons (Fsp3) is 0.538. The molecule has 0 saturated carbocycles. The number of methoxy groups -OCH3 is 2. The number of hydrazine groups is 1. The van der Waals surface area contributed by atoms with Crippen LogP contribution < -0.4 is 16.0 Å². The Morgan fingerprint density at radius 2 is 1.94 bits per heavy atom. The van der Waals surface area contributed by atoms with Crippen molar-refractivity contribution >= 4 is 0 Å². The quantitative estimate of drug-likeness (QED) is 0.409. The summed E-state index contributed by atoms with van der Waals surface area (Å²) in [5.74, 6) is 6.42. The zero-order valence-corrected chi connectivity index (χ0v) is 10.6. The normalized spacial score (nSPS) is 12.4. The van der Waals surface area contributed by atoms with Gasteiger partial charge >= 0.3 is 0 Å². The van der Waals surface area contributed by atoms with Crippen LogP contribution in [0, 0.1) is 0 Å². The van der Waals surface area contributed by atoms with Crippen LogP contribution >= 0.6 is 0 Å². The fourth-order valence-corrected chi connectivity index (χ4v) is 1.76. The lowest BCUT2D eigenvalue weighted by atomic mass is 10.0. The molecule has 0 fully saturated rings. The van der Waals surface area contributed by atoms with Gasteiger partial charge in [0.1, 0.15) is 5.75 Å². The van der Waals surface area contributed by atoms with Gasteiger partial charge in [-0.15, -0.1) is 0 Å². The van der Waals surface area contributed by atoms with E-state index in [1.807, 2.05) is 12.1 Å². The second-order valence-corrected chi connectivity index (χ2v) is 4.05. The van der Waals surface area contributed by atoms with Crippen LogP contribution in [0.5, 0.6) is 5.75 Å². The molecular formula is C13H22N2O2. The molecule has 0 bridgehead atoms. The highest BCUT2D eigenvalue weighted by Gasteiger charge is 2.07. The van der Waals surface area contributed by atoms with Gasteiger partial charge < -0.3 is 9.47 Å². The van der Waals surface area contributed by atoms with E-state index < -0.39 is 0 Å². The summed E-state index contributed by atoms with van der Waals surface area (Å²) in [6, 6.07) is 8.37. The molecule has 17 heavy (non-hydrogen) atoms. The molecule has 0 amide bonds. The van der Waals surface area contributed by atoms with Crippen molar-refractivity contribution < 1.29 is 9.47 Å². The van der Waals surface area contributed by atoms with Gasteiger partial charge in [0.15, 0.2) is 0 Å². The Kier molecular flexibility index (Phi) is 6.62. The molecule has 0 aliphatic heterocycles. The largest absolute Gasteiger partial charge is 0.497 e. The van der Waals surface area contributed by atoms with Crippen molar-refractivity contribution in [1.82, 2.24) is 5.43 Å². The van der Waals surface area contributed by atoms with Crippen LogP contribution in [0.25, 0.3) is 0 Å². The molecule has 1 atom stereocenters. The van der Waals surface area contributed by atoms with Crippen LogP contribution in [0.1, 0.15) is 18.4 Å². The van der Waals surface area contributed by atoms with Gasteiger partial charge in [0.2, 0.25) is 0 Å². The molecule has 0 radical (unpaired) electrons. The maximum atomic E-state index is 5.54. The van der Waals surface area contributed by atoms with E-state index in [0.29, 0.717) is 6.04 Å². The number of hydrogen-bond donors (Lipinski definition) is 2. The van der Waals surface area contributed by atoms with Crippen LogP contribution in [0.4, 0.5) is 0 Å². The van der Waals surface area contributed by atoms with Crippen LogP contribution in [-0.2, 0) is 11.2 Å². The van der Waals surface area contributed by atoms with Gasteiger partial charge in [-0.3, -0.25) is 11.3 Å². The van der Waals surface area contributed by atoms with Crippen molar-refractivity contribution in [2.75, 3.05) is 20.8 Å². The summed E-state index contributed by atoms with van der Waals surface area (Å²) in [6.45, 7) is 0.779. The van der Waals surface area contributed by atoms with Gasteiger partial charge in [0, 0.05) is 19.8 Å². The summed E-state index contributed by atoms with van der Waals surface area (Å²) in [5, 5.41) is 0. The lowest BCUT2D eigenvalue weighted by Gasteiger charge is -2.15. The molecule has 96 valence electrons. The van der Waals surface area contributed by atoms with Crippen molar-refractivity contribution in [2.24, 2.45) is 5.84 Å². The van der Waals surface area contributed by atoms with Gasteiger partial charge in [0.25, 0.3) is 0 Å². The summed E-state index contributed by atoms with van der Waals surface area (Å²) >= 11 is 0. The molecule has 4 nitrogen and oxygen atoms in total. The van der Waals surface area contributed by atoms with E-state index >= 15 is 0 Å². The number of nitrogens with two attached hydrogens (primary N) is 1. The first-order valence-corrected chi connectivity index (χ1v) is 5.88. The third-order valence-electron chi connectivity index (χ3n) is 2.78. The molecule has 1 unspecified atom stereocenters.